The second kappa shape index (κ2) is 9.02. The number of hydrogen-bond donors (Lipinski definition) is 0. The van der Waals surface area contributed by atoms with E-state index in [9.17, 15) is 0 Å². The zero-order chi connectivity index (χ0) is 21.2. The highest BCUT2D eigenvalue weighted by molar-refractivity contribution is 7.13. The molecule has 0 N–H and O–H groups in total. The zero-order valence-corrected chi connectivity index (χ0v) is 19.9. The fourth-order valence-electron chi connectivity index (χ4n) is 4.66. The van der Waals surface area contributed by atoms with Crippen LogP contribution < -0.4 is 0 Å². The number of benzene rings is 2. The number of hydrogen-bond acceptors (Lipinski definition) is 2. The average molecular weight is 444 g/mol. The third-order valence-corrected chi connectivity index (χ3v) is 8.30. The molecule has 0 amide bonds. The van der Waals surface area contributed by atoms with Crippen LogP contribution >= 0.6 is 22.7 Å². The third kappa shape index (κ3) is 3.97. The lowest BCUT2D eigenvalue weighted by atomic mass is 9.99. The van der Waals surface area contributed by atoms with Crippen molar-refractivity contribution in [2.45, 2.75) is 46.1 Å². The van der Waals surface area contributed by atoms with Crippen LogP contribution in [0.5, 0.6) is 0 Å². The van der Waals surface area contributed by atoms with E-state index in [1.165, 1.54) is 68.4 Å². The first kappa shape index (κ1) is 20.5. The molecule has 0 aliphatic rings. The largest absolute Gasteiger partial charge is 0.340 e. The normalized spacial score (nSPS) is 12.7. The summed E-state index contributed by atoms with van der Waals surface area (Å²) in [4.78, 5) is 2.69. The molecule has 0 saturated carbocycles. The van der Waals surface area contributed by atoms with Crippen molar-refractivity contribution in [3.8, 4) is 20.9 Å². The van der Waals surface area contributed by atoms with E-state index in [1.54, 1.807) is 0 Å². The van der Waals surface area contributed by atoms with E-state index in [0.717, 1.165) is 12.5 Å². The fraction of sp³-hybridized carbons (Fsp3) is 0.286. The minimum Gasteiger partial charge on any atom is -0.340 e. The van der Waals surface area contributed by atoms with Gasteiger partial charge >= 0.3 is 0 Å². The van der Waals surface area contributed by atoms with Crippen LogP contribution in [0.25, 0.3) is 42.7 Å². The van der Waals surface area contributed by atoms with Gasteiger partial charge in [-0.15, -0.1) is 22.7 Å². The molecule has 0 saturated heterocycles. The summed E-state index contributed by atoms with van der Waals surface area (Å²) in [5.41, 5.74) is 5.40. The summed E-state index contributed by atoms with van der Waals surface area (Å²) in [6.45, 7) is 5.74. The minimum atomic E-state index is 0.717. The molecule has 5 aromatic rings. The molecule has 1 nitrogen and oxygen atoms in total. The Hall–Kier alpha value is -2.36. The highest BCUT2D eigenvalue weighted by atomic mass is 32.1. The van der Waals surface area contributed by atoms with Crippen LogP contribution in [0.1, 0.15) is 39.5 Å². The van der Waals surface area contributed by atoms with Gasteiger partial charge in [0.05, 0.1) is 0 Å². The molecule has 0 aliphatic heterocycles. The first-order valence-electron chi connectivity index (χ1n) is 11.4. The van der Waals surface area contributed by atoms with Crippen molar-refractivity contribution in [1.29, 1.82) is 0 Å². The predicted octanol–water partition coefficient (Wildman–Crippen LogP) is 9.47. The maximum atomic E-state index is 2.61. The molecule has 3 heterocycles. The Bertz CT molecular complexity index is 1180. The molecule has 0 fully saturated rings. The third-order valence-electron chi connectivity index (χ3n) is 6.46. The Kier molecular flexibility index (Phi) is 5.97. The van der Waals surface area contributed by atoms with Gasteiger partial charge in [-0.3, -0.25) is 0 Å². The summed E-state index contributed by atoms with van der Waals surface area (Å²) in [5, 5.41) is 7.08. The van der Waals surface area contributed by atoms with Crippen LogP contribution in [-0.2, 0) is 6.54 Å². The molecule has 3 heteroatoms. The van der Waals surface area contributed by atoms with Gasteiger partial charge in [-0.1, -0.05) is 69.5 Å². The van der Waals surface area contributed by atoms with Crippen molar-refractivity contribution in [3.63, 3.8) is 0 Å². The molecule has 0 radical (unpaired) electrons. The number of fused-ring (bicyclic) bond motifs is 3. The van der Waals surface area contributed by atoms with Crippen molar-refractivity contribution >= 4 is 44.5 Å². The molecule has 3 aromatic heterocycles. The molecule has 0 spiro atoms. The molecule has 1 unspecified atom stereocenters. The van der Waals surface area contributed by atoms with E-state index >= 15 is 0 Å². The summed E-state index contributed by atoms with van der Waals surface area (Å²) in [7, 11) is 0. The van der Waals surface area contributed by atoms with E-state index in [4.69, 9.17) is 0 Å². The molecule has 0 bridgehead atoms. The Morgan fingerprint density at radius 2 is 1.35 bits per heavy atom. The van der Waals surface area contributed by atoms with Gasteiger partial charge in [0.15, 0.2) is 0 Å². The summed E-state index contributed by atoms with van der Waals surface area (Å²) >= 11 is 3.64. The topological polar surface area (TPSA) is 4.93 Å². The quantitative estimate of drug-likeness (QED) is 0.225. The molecule has 2 aromatic carbocycles. The highest BCUT2D eigenvalue weighted by Crippen LogP contribution is 2.37. The van der Waals surface area contributed by atoms with Crippen LogP contribution in [-0.4, -0.2) is 4.57 Å². The second-order valence-corrected chi connectivity index (χ2v) is 10.3. The van der Waals surface area contributed by atoms with Crippen molar-refractivity contribution in [1.82, 2.24) is 4.57 Å². The Morgan fingerprint density at radius 1 is 0.774 bits per heavy atom. The van der Waals surface area contributed by atoms with Crippen LogP contribution in [0.3, 0.4) is 0 Å². The molecular formula is C28H29NS2. The number of unbranched alkanes of at least 4 members (excludes halogenated alkanes) is 1. The first-order valence-corrected chi connectivity index (χ1v) is 13.2. The van der Waals surface area contributed by atoms with E-state index in [0.29, 0.717) is 0 Å². The lowest BCUT2D eigenvalue weighted by molar-refractivity contribution is 0.401. The second-order valence-electron chi connectivity index (χ2n) is 8.45. The molecule has 1 atom stereocenters. The van der Waals surface area contributed by atoms with Gasteiger partial charge in [-0.25, -0.2) is 0 Å². The monoisotopic (exact) mass is 443 g/mol. The number of rotatable bonds is 8. The first-order chi connectivity index (χ1) is 15.3. The van der Waals surface area contributed by atoms with E-state index in [1.807, 2.05) is 22.7 Å². The van der Waals surface area contributed by atoms with E-state index in [-0.39, 0.29) is 0 Å². The highest BCUT2D eigenvalue weighted by Gasteiger charge is 2.16. The van der Waals surface area contributed by atoms with Gasteiger partial charge in [-0.05, 0) is 58.5 Å². The summed E-state index contributed by atoms with van der Waals surface area (Å²) in [6.07, 6.45) is 5.13. The SMILES string of the molecule is CCCCC(CC)Cn1c2cc(-c3cccs3)ccc2c2ccc(-c3cccs3)cc21. The van der Waals surface area contributed by atoms with E-state index in [2.05, 4.69) is 89.8 Å². The number of thiophene rings is 2. The van der Waals surface area contributed by atoms with Crippen LogP contribution in [0.4, 0.5) is 0 Å². The zero-order valence-electron chi connectivity index (χ0n) is 18.3. The lowest BCUT2D eigenvalue weighted by Gasteiger charge is -2.18. The van der Waals surface area contributed by atoms with Crippen LogP contribution in [0.15, 0.2) is 71.4 Å². The Morgan fingerprint density at radius 3 is 1.81 bits per heavy atom. The smallest absolute Gasteiger partial charge is 0.0497 e. The van der Waals surface area contributed by atoms with Gasteiger partial charge < -0.3 is 4.57 Å². The van der Waals surface area contributed by atoms with Crippen molar-refractivity contribution in [3.05, 3.63) is 71.4 Å². The number of aromatic nitrogens is 1. The molecule has 158 valence electrons. The summed E-state index contributed by atoms with van der Waals surface area (Å²) in [6, 6.07) is 22.8. The van der Waals surface area contributed by atoms with Crippen molar-refractivity contribution < 1.29 is 0 Å². The van der Waals surface area contributed by atoms with Gasteiger partial charge in [0.25, 0.3) is 0 Å². The van der Waals surface area contributed by atoms with Gasteiger partial charge in [0.2, 0.25) is 0 Å². The maximum absolute atomic E-state index is 2.61. The Balaban J connectivity index is 1.70. The van der Waals surface area contributed by atoms with E-state index < -0.39 is 0 Å². The standard InChI is InChI=1S/C28H29NS2/c1-3-5-8-20(4-2)19-29-25-17-21(27-9-6-15-30-27)11-13-23(25)24-14-12-22(18-26(24)29)28-10-7-16-31-28/h6-7,9-18,20H,3-5,8,19H2,1-2H3. The van der Waals surface area contributed by atoms with Gasteiger partial charge in [-0.2, -0.15) is 0 Å². The lowest BCUT2D eigenvalue weighted by Crippen LogP contribution is -2.10. The molecular weight excluding hydrogens is 414 g/mol. The molecule has 31 heavy (non-hydrogen) atoms. The fourth-order valence-corrected chi connectivity index (χ4v) is 6.11. The molecule has 0 aliphatic carbocycles. The summed E-state index contributed by atoms with van der Waals surface area (Å²) in [5.74, 6) is 0.717. The van der Waals surface area contributed by atoms with Gasteiger partial charge in [0, 0.05) is 38.1 Å². The Labute approximate surface area is 193 Å². The minimum absolute atomic E-state index is 0.717. The molecule has 5 rings (SSSR count). The van der Waals surface area contributed by atoms with Crippen LogP contribution in [0.2, 0.25) is 0 Å². The van der Waals surface area contributed by atoms with Crippen molar-refractivity contribution in [2.24, 2.45) is 5.92 Å². The average Bonchev–Trinajstić information content (AvgIpc) is 3.57. The maximum Gasteiger partial charge on any atom is 0.0497 e. The van der Waals surface area contributed by atoms with Gasteiger partial charge in [0.1, 0.15) is 0 Å². The predicted molar refractivity (Wildman–Crippen MR) is 139 cm³/mol. The number of nitrogens with zero attached hydrogens (tertiary/aromatic N) is 1. The van der Waals surface area contributed by atoms with Crippen molar-refractivity contribution in [2.75, 3.05) is 0 Å². The van der Waals surface area contributed by atoms with Crippen LogP contribution in [0, 0.1) is 5.92 Å². The summed E-state index contributed by atoms with van der Waals surface area (Å²) < 4.78 is 2.61.